The second-order valence-corrected chi connectivity index (χ2v) is 5.76. The molecule has 0 amide bonds. The van der Waals surface area contributed by atoms with Crippen molar-refractivity contribution in [2.75, 3.05) is 0 Å². The molecule has 0 aliphatic rings. The minimum absolute atomic E-state index is 0.0627. The number of hydrogen-bond donors (Lipinski definition) is 1. The number of carbonyl (C=O) groups is 1. The van der Waals surface area contributed by atoms with Crippen LogP contribution in [-0.2, 0) is 0 Å². The fraction of sp³-hybridized carbons (Fsp3) is 0.167. The van der Waals surface area contributed by atoms with E-state index in [1.165, 1.54) is 6.07 Å². The summed E-state index contributed by atoms with van der Waals surface area (Å²) in [5, 5.41) is 13.0. The van der Waals surface area contributed by atoms with E-state index in [9.17, 15) is 9.18 Å². The molecule has 0 fully saturated rings. The number of aromatic nitrogens is 2. The molecule has 24 heavy (non-hydrogen) atoms. The third-order valence-corrected chi connectivity index (χ3v) is 3.64. The number of carboxylic acids is 1. The zero-order valence-electron chi connectivity index (χ0n) is 13.4. The van der Waals surface area contributed by atoms with Crippen molar-refractivity contribution in [1.82, 2.24) is 10.1 Å². The lowest BCUT2D eigenvalue weighted by molar-refractivity contribution is 0.0697. The van der Waals surface area contributed by atoms with Gasteiger partial charge in [0.25, 0.3) is 5.89 Å². The zero-order valence-corrected chi connectivity index (χ0v) is 13.4. The zero-order chi connectivity index (χ0) is 17.4. The van der Waals surface area contributed by atoms with E-state index < -0.39 is 11.8 Å². The van der Waals surface area contributed by atoms with Crippen molar-refractivity contribution in [2.24, 2.45) is 0 Å². The van der Waals surface area contributed by atoms with Gasteiger partial charge < -0.3 is 9.63 Å². The summed E-state index contributed by atoms with van der Waals surface area (Å²) in [4.78, 5) is 15.4. The van der Waals surface area contributed by atoms with E-state index in [0.717, 1.165) is 11.1 Å². The molecule has 0 saturated carbocycles. The molecule has 3 rings (SSSR count). The Bertz CT molecular complexity index is 947. The number of rotatable bonds is 3. The summed E-state index contributed by atoms with van der Waals surface area (Å²) in [7, 11) is 0. The Kier molecular flexibility index (Phi) is 3.89. The second kappa shape index (κ2) is 5.88. The summed E-state index contributed by atoms with van der Waals surface area (Å²) < 4.78 is 19.5. The average molecular weight is 326 g/mol. The molecule has 1 N–H and O–H groups in total. The van der Waals surface area contributed by atoms with Gasteiger partial charge >= 0.3 is 5.97 Å². The Morgan fingerprint density at radius 3 is 2.50 bits per heavy atom. The Hall–Kier alpha value is -3.02. The molecule has 0 bridgehead atoms. The summed E-state index contributed by atoms with van der Waals surface area (Å²) in [6.45, 7) is 5.30. The molecule has 2 aromatic carbocycles. The van der Waals surface area contributed by atoms with Crippen molar-refractivity contribution in [3.8, 4) is 22.8 Å². The number of nitrogens with zero attached hydrogens (tertiary/aromatic N) is 2. The smallest absolute Gasteiger partial charge is 0.335 e. The van der Waals surface area contributed by atoms with E-state index in [-0.39, 0.29) is 22.8 Å². The Morgan fingerprint density at radius 2 is 1.79 bits per heavy atom. The molecule has 0 aliphatic heterocycles. The summed E-state index contributed by atoms with van der Waals surface area (Å²) in [5.41, 5.74) is 3.01. The summed E-state index contributed by atoms with van der Waals surface area (Å²) in [6.07, 6.45) is 0. The van der Waals surface area contributed by atoms with Crippen LogP contribution in [0.15, 0.2) is 34.9 Å². The predicted octanol–water partition coefficient (Wildman–Crippen LogP) is 4.17. The van der Waals surface area contributed by atoms with Crippen LogP contribution in [0.3, 0.4) is 0 Å². The third-order valence-electron chi connectivity index (χ3n) is 3.64. The molecule has 3 aromatic rings. The van der Waals surface area contributed by atoms with Crippen LogP contribution in [0.4, 0.5) is 4.39 Å². The van der Waals surface area contributed by atoms with Gasteiger partial charge in [-0.25, -0.2) is 9.18 Å². The number of aromatic carboxylic acids is 1. The Morgan fingerprint density at radius 1 is 1.08 bits per heavy atom. The lowest BCUT2D eigenvalue weighted by Gasteiger charge is -2.03. The monoisotopic (exact) mass is 326 g/mol. The SMILES string of the molecule is Cc1cc(C(=O)O)cc(-c2noc(-c3cc(C)cc(C)c3F)n2)c1. The van der Waals surface area contributed by atoms with Crippen LogP contribution in [0.1, 0.15) is 27.0 Å². The van der Waals surface area contributed by atoms with Gasteiger partial charge in [0.05, 0.1) is 11.1 Å². The molecule has 5 nitrogen and oxygen atoms in total. The van der Waals surface area contributed by atoms with Gasteiger partial charge in [-0.3, -0.25) is 0 Å². The maximum Gasteiger partial charge on any atom is 0.335 e. The fourth-order valence-corrected chi connectivity index (χ4v) is 2.59. The molecule has 122 valence electrons. The first-order valence-corrected chi connectivity index (χ1v) is 7.31. The van der Waals surface area contributed by atoms with Crippen molar-refractivity contribution in [3.05, 3.63) is 58.4 Å². The molecule has 0 spiro atoms. The van der Waals surface area contributed by atoms with Crippen molar-refractivity contribution >= 4 is 5.97 Å². The van der Waals surface area contributed by atoms with E-state index in [0.29, 0.717) is 11.1 Å². The van der Waals surface area contributed by atoms with E-state index in [4.69, 9.17) is 9.63 Å². The highest BCUT2D eigenvalue weighted by Gasteiger charge is 2.17. The first-order chi connectivity index (χ1) is 11.3. The summed E-state index contributed by atoms with van der Waals surface area (Å²) >= 11 is 0. The molecule has 0 saturated heterocycles. The van der Waals surface area contributed by atoms with Gasteiger partial charge in [-0.05, 0) is 61.7 Å². The van der Waals surface area contributed by atoms with Crippen LogP contribution in [-0.4, -0.2) is 21.2 Å². The van der Waals surface area contributed by atoms with Crippen LogP contribution >= 0.6 is 0 Å². The number of carboxylic acid groups (broad SMARTS) is 1. The molecule has 0 radical (unpaired) electrons. The normalized spacial score (nSPS) is 10.8. The van der Waals surface area contributed by atoms with Crippen LogP contribution in [0.2, 0.25) is 0 Å². The van der Waals surface area contributed by atoms with Gasteiger partial charge in [-0.2, -0.15) is 4.98 Å². The van der Waals surface area contributed by atoms with Crippen LogP contribution in [0.25, 0.3) is 22.8 Å². The van der Waals surface area contributed by atoms with E-state index in [1.54, 1.807) is 38.1 Å². The molecule has 1 heterocycles. The first-order valence-electron chi connectivity index (χ1n) is 7.31. The average Bonchev–Trinajstić information content (AvgIpc) is 3.00. The minimum Gasteiger partial charge on any atom is -0.478 e. The van der Waals surface area contributed by atoms with Gasteiger partial charge in [0.15, 0.2) is 0 Å². The highest BCUT2D eigenvalue weighted by Crippen LogP contribution is 2.28. The van der Waals surface area contributed by atoms with Gasteiger partial charge in [-0.15, -0.1) is 0 Å². The lowest BCUT2D eigenvalue weighted by Crippen LogP contribution is -1.97. The maximum atomic E-state index is 14.3. The summed E-state index contributed by atoms with van der Waals surface area (Å²) in [5.74, 6) is -1.17. The number of benzene rings is 2. The van der Waals surface area contributed by atoms with Crippen molar-refractivity contribution in [3.63, 3.8) is 0 Å². The maximum absolute atomic E-state index is 14.3. The van der Waals surface area contributed by atoms with Crippen molar-refractivity contribution < 1.29 is 18.8 Å². The first kappa shape index (κ1) is 15.9. The molecule has 0 unspecified atom stereocenters. The van der Waals surface area contributed by atoms with E-state index in [1.807, 2.05) is 6.92 Å². The topological polar surface area (TPSA) is 76.2 Å². The highest BCUT2D eigenvalue weighted by molar-refractivity contribution is 5.89. The quantitative estimate of drug-likeness (QED) is 0.782. The Balaban J connectivity index is 2.08. The molecular weight excluding hydrogens is 311 g/mol. The largest absolute Gasteiger partial charge is 0.478 e. The van der Waals surface area contributed by atoms with Crippen molar-refractivity contribution in [1.29, 1.82) is 0 Å². The van der Waals surface area contributed by atoms with Crippen molar-refractivity contribution in [2.45, 2.75) is 20.8 Å². The number of halogens is 1. The van der Waals surface area contributed by atoms with Crippen LogP contribution < -0.4 is 0 Å². The third kappa shape index (κ3) is 2.90. The van der Waals surface area contributed by atoms with Gasteiger partial charge in [0.1, 0.15) is 5.82 Å². The van der Waals surface area contributed by atoms with Crippen LogP contribution in [0, 0.1) is 26.6 Å². The second-order valence-electron chi connectivity index (χ2n) is 5.76. The standard InChI is InChI=1S/C18H15FN2O3/c1-9-4-11(3)15(19)14(7-9)17-20-16(21-24-17)12-5-10(2)6-13(8-12)18(22)23/h4-8H,1-3H3,(H,22,23). The van der Waals surface area contributed by atoms with E-state index in [2.05, 4.69) is 10.1 Å². The summed E-state index contributed by atoms with van der Waals surface area (Å²) in [6, 6.07) is 8.13. The van der Waals surface area contributed by atoms with Gasteiger partial charge in [-0.1, -0.05) is 11.2 Å². The molecule has 1 aromatic heterocycles. The van der Waals surface area contributed by atoms with Gasteiger partial charge in [0, 0.05) is 5.56 Å². The number of aryl methyl sites for hydroxylation is 3. The minimum atomic E-state index is -1.04. The van der Waals surface area contributed by atoms with E-state index >= 15 is 0 Å². The lowest BCUT2D eigenvalue weighted by atomic mass is 10.1. The molecule has 0 atom stereocenters. The van der Waals surface area contributed by atoms with Gasteiger partial charge in [0.2, 0.25) is 5.82 Å². The fourth-order valence-electron chi connectivity index (χ4n) is 2.59. The predicted molar refractivity (Wildman–Crippen MR) is 86.3 cm³/mol. The van der Waals surface area contributed by atoms with Crippen LogP contribution in [0.5, 0.6) is 0 Å². The molecule has 0 aliphatic carbocycles. The molecular formula is C18H15FN2O3. The Labute approximate surface area is 137 Å². The molecule has 6 heteroatoms. The highest BCUT2D eigenvalue weighted by atomic mass is 19.1. The number of hydrogen-bond acceptors (Lipinski definition) is 4.